The summed E-state index contributed by atoms with van der Waals surface area (Å²) in [6, 6.07) is 1.90. The predicted octanol–water partition coefficient (Wildman–Crippen LogP) is 2.60. The van der Waals surface area contributed by atoms with Gasteiger partial charge in [0, 0.05) is 12.1 Å². The third-order valence-corrected chi connectivity index (χ3v) is 2.06. The van der Waals surface area contributed by atoms with E-state index in [0.717, 1.165) is 23.3 Å². The molecule has 0 atom stereocenters. The van der Waals surface area contributed by atoms with Crippen LogP contribution in [0.4, 0.5) is 0 Å². The second-order valence-corrected chi connectivity index (χ2v) is 3.26. The van der Waals surface area contributed by atoms with Crippen LogP contribution in [0.5, 0.6) is 0 Å². The topological polar surface area (TPSA) is 41.6 Å². The number of rotatable bonds is 3. The molecular weight excluding hydrogens is 198 g/mol. The van der Waals surface area contributed by atoms with Crippen LogP contribution < -0.4 is 0 Å². The van der Waals surface area contributed by atoms with Crippen LogP contribution in [0.2, 0.25) is 0 Å². The molecule has 0 saturated carbocycles. The molecule has 0 amide bonds. The van der Waals surface area contributed by atoms with Crippen LogP contribution in [-0.4, -0.2) is 20.8 Å². The zero-order valence-corrected chi connectivity index (χ0v) is 8.33. The van der Waals surface area contributed by atoms with Crippen molar-refractivity contribution in [2.75, 3.05) is 5.88 Å². The molecule has 72 valence electrons. The highest BCUT2D eigenvalue weighted by Gasteiger charge is 1.96. The first kappa shape index (κ1) is 9.21. The number of allylic oxidation sites excluding steroid dienone is 1. The Bertz CT molecular complexity index is 447. The van der Waals surface area contributed by atoms with Crippen LogP contribution in [0.3, 0.4) is 0 Å². The van der Waals surface area contributed by atoms with Crippen LogP contribution in [-0.2, 0) is 0 Å². The third kappa shape index (κ3) is 1.93. The fourth-order valence-corrected chi connectivity index (χ4v) is 1.32. The third-order valence-electron chi connectivity index (χ3n) is 1.84. The number of aromatic nitrogens is 3. The van der Waals surface area contributed by atoms with Gasteiger partial charge in [-0.25, -0.2) is 9.97 Å². The Balaban J connectivity index is 2.25. The predicted molar refractivity (Wildman–Crippen MR) is 58.3 cm³/mol. The van der Waals surface area contributed by atoms with Crippen molar-refractivity contribution in [3.05, 3.63) is 30.2 Å². The van der Waals surface area contributed by atoms with Gasteiger partial charge in [0.05, 0.1) is 11.9 Å². The highest BCUT2D eigenvalue weighted by molar-refractivity contribution is 6.17. The summed E-state index contributed by atoms with van der Waals surface area (Å²) in [6.07, 6.45) is 8.35. The van der Waals surface area contributed by atoms with Crippen LogP contribution in [0.25, 0.3) is 17.2 Å². The standard InChI is InChI=1S/C10H10ClN3/c11-5-2-1-3-8-7-13-10-9(14-8)4-6-12-10/h1,3-4,6-7H,2,5H2,(H,12,13). The van der Waals surface area contributed by atoms with Gasteiger partial charge in [0.2, 0.25) is 0 Å². The molecule has 1 N–H and O–H groups in total. The van der Waals surface area contributed by atoms with Gasteiger partial charge in [-0.3, -0.25) is 0 Å². The number of halogens is 1. The van der Waals surface area contributed by atoms with Crippen molar-refractivity contribution in [3.63, 3.8) is 0 Å². The monoisotopic (exact) mass is 207 g/mol. The van der Waals surface area contributed by atoms with Gasteiger partial charge in [0.15, 0.2) is 5.65 Å². The van der Waals surface area contributed by atoms with Crippen molar-refractivity contribution in [1.82, 2.24) is 15.0 Å². The second kappa shape index (κ2) is 4.24. The molecule has 4 heteroatoms. The van der Waals surface area contributed by atoms with E-state index in [1.165, 1.54) is 0 Å². The van der Waals surface area contributed by atoms with E-state index in [1.54, 1.807) is 6.20 Å². The molecule has 0 radical (unpaired) electrons. The summed E-state index contributed by atoms with van der Waals surface area (Å²) in [5, 5.41) is 0. The van der Waals surface area contributed by atoms with Gasteiger partial charge in [0.1, 0.15) is 5.52 Å². The van der Waals surface area contributed by atoms with E-state index in [-0.39, 0.29) is 0 Å². The van der Waals surface area contributed by atoms with E-state index >= 15 is 0 Å². The van der Waals surface area contributed by atoms with Crippen molar-refractivity contribution < 1.29 is 0 Å². The number of fused-ring (bicyclic) bond motifs is 1. The Morgan fingerprint density at radius 1 is 1.50 bits per heavy atom. The number of H-pyrrole nitrogens is 1. The van der Waals surface area contributed by atoms with Gasteiger partial charge < -0.3 is 4.98 Å². The van der Waals surface area contributed by atoms with Crippen LogP contribution in [0, 0.1) is 0 Å². The molecule has 0 aliphatic carbocycles. The zero-order valence-electron chi connectivity index (χ0n) is 7.57. The minimum absolute atomic E-state index is 0.635. The molecule has 3 nitrogen and oxygen atoms in total. The Hall–Kier alpha value is -1.35. The van der Waals surface area contributed by atoms with E-state index in [2.05, 4.69) is 15.0 Å². The number of alkyl halides is 1. The summed E-state index contributed by atoms with van der Waals surface area (Å²) in [7, 11) is 0. The second-order valence-electron chi connectivity index (χ2n) is 2.89. The van der Waals surface area contributed by atoms with Gasteiger partial charge in [-0.15, -0.1) is 11.6 Å². The Morgan fingerprint density at radius 3 is 3.29 bits per heavy atom. The number of hydrogen-bond donors (Lipinski definition) is 1. The molecule has 0 fully saturated rings. The van der Waals surface area contributed by atoms with Crippen molar-refractivity contribution in [2.24, 2.45) is 0 Å². The van der Waals surface area contributed by atoms with Crippen LogP contribution in [0.1, 0.15) is 12.1 Å². The molecule has 0 bridgehead atoms. The number of hydrogen-bond acceptors (Lipinski definition) is 2. The lowest BCUT2D eigenvalue weighted by atomic mass is 10.3. The maximum Gasteiger partial charge on any atom is 0.156 e. The van der Waals surface area contributed by atoms with Crippen molar-refractivity contribution in [2.45, 2.75) is 6.42 Å². The zero-order chi connectivity index (χ0) is 9.80. The van der Waals surface area contributed by atoms with E-state index < -0.39 is 0 Å². The van der Waals surface area contributed by atoms with Crippen molar-refractivity contribution in [3.8, 4) is 0 Å². The summed E-state index contributed by atoms with van der Waals surface area (Å²) in [5.41, 5.74) is 2.57. The highest BCUT2D eigenvalue weighted by Crippen LogP contribution is 2.07. The van der Waals surface area contributed by atoms with Crippen LogP contribution in [0.15, 0.2) is 24.5 Å². The molecule has 0 aromatic carbocycles. The first-order chi connectivity index (χ1) is 6.90. The summed E-state index contributed by atoms with van der Waals surface area (Å²) in [4.78, 5) is 11.6. The SMILES string of the molecule is ClCCC=Cc1cnc2[nH]ccc2n1. The van der Waals surface area contributed by atoms with Gasteiger partial charge in [-0.1, -0.05) is 6.08 Å². The molecule has 0 saturated heterocycles. The molecule has 0 aliphatic rings. The quantitative estimate of drug-likeness (QED) is 0.787. The normalized spacial score (nSPS) is 11.5. The van der Waals surface area contributed by atoms with Crippen LogP contribution >= 0.6 is 11.6 Å². The van der Waals surface area contributed by atoms with E-state index in [9.17, 15) is 0 Å². The average molecular weight is 208 g/mol. The minimum atomic E-state index is 0.635. The van der Waals surface area contributed by atoms with Gasteiger partial charge in [-0.05, 0) is 18.6 Å². The van der Waals surface area contributed by atoms with E-state index in [0.29, 0.717) is 5.88 Å². The molecule has 2 aromatic heterocycles. The lowest BCUT2D eigenvalue weighted by Gasteiger charge is -1.92. The van der Waals surface area contributed by atoms with Crippen molar-refractivity contribution >= 4 is 28.8 Å². The van der Waals surface area contributed by atoms with E-state index in [1.807, 2.05) is 24.4 Å². The average Bonchev–Trinajstić information content (AvgIpc) is 2.65. The van der Waals surface area contributed by atoms with Gasteiger partial charge in [0.25, 0.3) is 0 Å². The van der Waals surface area contributed by atoms with E-state index in [4.69, 9.17) is 11.6 Å². The summed E-state index contributed by atoms with van der Waals surface area (Å²) in [6.45, 7) is 0. The molecule has 2 aromatic rings. The number of aromatic amines is 1. The summed E-state index contributed by atoms with van der Waals surface area (Å²) in [5.74, 6) is 0.635. The Labute approximate surface area is 86.8 Å². The lowest BCUT2D eigenvalue weighted by Crippen LogP contribution is -1.84. The fourth-order valence-electron chi connectivity index (χ4n) is 1.19. The smallest absolute Gasteiger partial charge is 0.156 e. The molecule has 0 aliphatic heterocycles. The molecule has 0 unspecified atom stereocenters. The Morgan fingerprint density at radius 2 is 2.43 bits per heavy atom. The highest BCUT2D eigenvalue weighted by atomic mass is 35.5. The molecule has 2 rings (SSSR count). The molecule has 0 spiro atoms. The number of nitrogens with one attached hydrogen (secondary N) is 1. The fraction of sp³-hybridized carbons (Fsp3) is 0.200. The van der Waals surface area contributed by atoms with Crippen molar-refractivity contribution in [1.29, 1.82) is 0 Å². The minimum Gasteiger partial charge on any atom is -0.345 e. The first-order valence-corrected chi connectivity index (χ1v) is 4.96. The Kier molecular flexibility index (Phi) is 2.79. The maximum atomic E-state index is 5.55. The maximum absolute atomic E-state index is 5.55. The molecule has 2 heterocycles. The number of nitrogens with zero attached hydrogens (tertiary/aromatic N) is 2. The largest absolute Gasteiger partial charge is 0.345 e. The molecule has 14 heavy (non-hydrogen) atoms. The summed E-state index contributed by atoms with van der Waals surface area (Å²) < 4.78 is 0. The lowest BCUT2D eigenvalue weighted by molar-refractivity contribution is 1.22. The van der Waals surface area contributed by atoms with Gasteiger partial charge >= 0.3 is 0 Å². The molecular formula is C10H10ClN3. The first-order valence-electron chi connectivity index (χ1n) is 4.43. The van der Waals surface area contributed by atoms with Gasteiger partial charge in [-0.2, -0.15) is 0 Å². The summed E-state index contributed by atoms with van der Waals surface area (Å²) >= 11 is 5.55.